The van der Waals surface area contributed by atoms with Gasteiger partial charge in [0, 0.05) is 18.1 Å². The molecule has 5 rings (SSSR count). The fourth-order valence-electron chi connectivity index (χ4n) is 4.78. The Morgan fingerprint density at radius 2 is 1.56 bits per heavy atom. The van der Waals surface area contributed by atoms with E-state index in [2.05, 4.69) is 80.5 Å². The molecule has 1 aliphatic heterocycles. The summed E-state index contributed by atoms with van der Waals surface area (Å²) in [5, 5.41) is 9.13. The van der Waals surface area contributed by atoms with E-state index < -0.39 is 0 Å². The summed E-state index contributed by atoms with van der Waals surface area (Å²) < 4.78 is 4.36. The Hall–Kier alpha value is -2.34. The van der Waals surface area contributed by atoms with Crippen molar-refractivity contribution in [2.45, 2.75) is 32.2 Å². The van der Waals surface area contributed by atoms with Gasteiger partial charge in [-0.25, -0.2) is 0 Å². The zero-order valence-corrected chi connectivity index (χ0v) is 19.8. The van der Waals surface area contributed by atoms with Crippen molar-refractivity contribution in [2.75, 3.05) is 19.6 Å². The Labute approximate surface area is 202 Å². The molecule has 1 aliphatic rings. The second-order valence-corrected chi connectivity index (χ2v) is 8.42. The average molecular weight is 472 g/mol. The van der Waals surface area contributed by atoms with Gasteiger partial charge in [-0.15, -0.1) is 35.0 Å². The quantitative estimate of drug-likeness (QED) is 0.361. The predicted octanol–water partition coefficient (Wildman–Crippen LogP) is 5.41. The van der Waals surface area contributed by atoms with Crippen molar-refractivity contribution in [3.8, 4) is 5.69 Å². The topological polar surface area (TPSA) is 38.9 Å². The van der Waals surface area contributed by atoms with E-state index in [1.54, 1.807) is 12.7 Å². The number of fused-ring (bicyclic) bond motifs is 1. The number of hydrogen-bond acceptors (Lipinski definition) is 3. The van der Waals surface area contributed by atoms with Crippen molar-refractivity contribution in [1.29, 1.82) is 0 Å². The number of likely N-dealkylation sites (tertiary alicyclic amines) is 1. The molecule has 2 aromatic heterocycles. The number of hydrogen-bond donors (Lipinski definition) is 0. The second-order valence-electron chi connectivity index (χ2n) is 8.42. The molecule has 0 radical (unpaired) electrons. The molecule has 0 saturated carbocycles. The fourth-order valence-corrected chi connectivity index (χ4v) is 4.78. The summed E-state index contributed by atoms with van der Waals surface area (Å²) in [6, 6.07) is 19.6. The van der Waals surface area contributed by atoms with Crippen LogP contribution in [0.15, 0.2) is 73.4 Å². The normalized spacial score (nSPS) is 14.8. The molecule has 3 heterocycles. The molecule has 170 valence electrons. The van der Waals surface area contributed by atoms with E-state index in [4.69, 9.17) is 0 Å². The van der Waals surface area contributed by atoms with Gasteiger partial charge in [0.2, 0.25) is 0 Å². The molecular weight excluding hydrogens is 441 g/mol. The summed E-state index contributed by atoms with van der Waals surface area (Å²) >= 11 is 0. The third-order valence-corrected chi connectivity index (χ3v) is 6.44. The van der Waals surface area contributed by atoms with E-state index in [0.717, 1.165) is 18.2 Å². The Balaban J connectivity index is 0.00000144. The van der Waals surface area contributed by atoms with E-state index in [-0.39, 0.29) is 24.8 Å². The number of piperidine rings is 1. The van der Waals surface area contributed by atoms with Gasteiger partial charge < -0.3 is 9.47 Å². The molecular formula is C25H31Cl2N5. The lowest BCUT2D eigenvalue weighted by Crippen LogP contribution is -2.35. The maximum atomic E-state index is 3.94. The van der Waals surface area contributed by atoms with Gasteiger partial charge in [-0.2, -0.15) is 0 Å². The summed E-state index contributed by atoms with van der Waals surface area (Å²) in [6.07, 6.45) is 10.8. The first-order valence-corrected chi connectivity index (χ1v) is 11.1. The molecule has 0 unspecified atom stereocenters. The zero-order chi connectivity index (χ0) is 20.2. The van der Waals surface area contributed by atoms with Crippen LogP contribution in [-0.2, 0) is 13.0 Å². The molecule has 0 bridgehead atoms. The Kier molecular flexibility index (Phi) is 8.74. The van der Waals surface area contributed by atoms with Gasteiger partial charge in [0.15, 0.2) is 0 Å². The van der Waals surface area contributed by atoms with Crippen LogP contribution < -0.4 is 0 Å². The second kappa shape index (κ2) is 11.5. The van der Waals surface area contributed by atoms with Crippen LogP contribution in [0.3, 0.4) is 0 Å². The molecule has 0 spiro atoms. The lowest BCUT2D eigenvalue weighted by Gasteiger charge is -2.32. The molecule has 0 aliphatic carbocycles. The van der Waals surface area contributed by atoms with Gasteiger partial charge in [0.05, 0.1) is 11.2 Å². The van der Waals surface area contributed by atoms with Crippen molar-refractivity contribution in [3.05, 3.63) is 79.0 Å². The Morgan fingerprint density at radius 3 is 2.31 bits per heavy atom. The summed E-state index contributed by atoms with van der Waals surface area (Å²) in [5.74, 6) is 0.841. The third kappa shape index (κ3) is 5.52. The number of halogens is 2. The summed E-state index contributed by atoms with van der Waals surface area (Å²) in [4.78, 5) is 2.65. The first kappa shape index (κ1) is 24.3. The molecule has 32 heavy (non-hydrogen) atoms. The summed E-state index contributed by atoms with van der Waals surface area (Å²) in [7, 11) is 0. The van der Waals surface area contributed by atoms with E-state index in [1.165, 1.54) is 61.8 Å². The minimum absolute atomic E-state index is 0. The van der Waals surface area contributed by atoms with Gasteiger partial charge in [0.25, 0.3) is 0 Å². The molecule has 5 nitrogen and oxygen atoms in total. The van der Waals surface area contributed by atoms with Crippen molar-refractivity contribution in [3.63, 3.8) is 0 Å². The molecule has 0 atom stereocenters. The highest BCUT2D eigenvalue weighted by molar-refractivity contribution is 5.88. The van der Waals surface area contributed by atoms with Gasteiger partial charge in [-0.3, -0.25) is 4.57 Å². The molecule has 1 saturated heterocycles. The van der Waals surface area contributed by atoms with Gasteiger partial charge in [0.1, 0.15) is 12.7 Å². The Bertz CT molecular complexity index is 1070. The third-order valence-electron chi connectivity index (χ3n) is 6.44. The van der Waals surface area contributed by atoms with Crippen molar-refractivity contribution in [2.24, 2.45) is 5.92 Å². The van der Waals surface area contributed by atoms with Crippen LogP contribution >= 0.6 is 24.8 Å². The van der Waals surface area contributed by atoms with E-state index in [0.29, 0.717) is 0 Å². The van der Waals surface area contributed by atoms with Crippen LogP contribution in [0.25, 0.3) is 16.6 Å². The molecule has 0 amide bonds. The summed E-state index contributed by atoms with van der Waals surface area (Å²) in [5.41, 5.74) is 3.90. The molecule has 4 aromatic rings. The highest BCUT2D eigenvalue weighted by Crippen LogP contribution is 2.24. The van der Waals surface area contributed by atoms with Crippen molar-refractivity contribution < 1.29 is 0 Å². The monoisotopic (exact) mass is 471 g/mol. The van der Waals surface area contributed by atoms with Gasteiger partial charge in [-0.05, 0) is 75.0 Å². The van der Waals surface area contributed by atoms with Crippen LogP contribution in [0.4, 0.5) is 0 Å². The van der Waals surface area contributed by atoms with Crippen LogP contribution in [0.5, 0.6) is 0 Å². The van der Waals surface area contributed by atoms with Crippen molar-refractivity contribution in [1.82, 2.24) is 24.2 Å². The number of aryl methyl sites for hydroxylation is 1. The molecule has 7 heteroatoms. The first-order valence-electron chi connectivity index (χ1n) is 11.1. The lowest BCUT2D eigenvalue weighted by molar-refractivity contribution is 0.180. The largest absolute Gasteiger partial charge is 0.347 e. The summed E-state index contributed by atoms with van der Waals surface area (Å²) in [6.45, 7) is 4.71. The van der Waals surface area contributed by atoms with Crippen LogP contribution in [0, 0.1) is 5.92 Å². The van der Waals surface area contributed by atoms with Crippen LogP contribution in [0.2, 0.25) is 0 Å². The molecule has 2 aromatic carbocycles. The first-order chi connectivity index (χ1) is 14.9. The smallest absolute Gasteiger partial charge is 0.123 e. The van der Waals surface area contributed by atoms with E-state index in [9.17, 15) is 0 Å². The number of rotatable bonds is 7. The minimum atomic E-state index is 0. The highest BCUT2D eigenvalue weighted by Gasteiger charge is 2.19. The van der Waals surface area contributed by atoms with Crippen LogP contribution in [-0.4, -0.2) is 43.9 Å². The fraction of sp³-hybridized carbons (Fsp3) is 0.360. The standard InChI is InChI=1S/C25H29N5.2ClH/c1-2-6-21(7-3-1)18-22-10-15-28(16-11-22)13-5-14-29-17-12-23-24(29)8-4-9-25(23)30-19-26-27-20-30;;/h1-4,6-9,12,17,19-20,22H,5,10-11,13-16,18H2;2*1H. The highest BCUT2D eigenvalue weighted by atomic mass is 35.5. The minimum Gasteiger partial charge on any atom is -0.347 e. The SMILES string of the molecule is Cl.Cl.c1ccc(CC2CCN(CCCn3ccc4c(-n5cnnc5)cccc43)CC2)cc1. The maximum absolute atomic E-state index is 3.94. The number of aromatic nitrogens is 4. The van der Waals surface area contributed by atoms with Crippen LogP contribution in [0.1, 0.15) is 24.8 Å². The van der Waals surface area contributed by atoms with Gasteiger partial charge in [-0.1, -0.05) is 36.4 Å². The van der Waals surface area contributed by atoms with E-state index in [1.807, 2.05) is 4.57 Å². The lowest BCUT2D eigenvalue weighted by atomic mass is 9.90. The van der Waals surface area contributed by atoms with Gasteiger partial charge >= 0.3 is 0 Å². The zero-order valence-electron chi connectivity index (χ0n) is 18.2. The Morgan fingerprint density at radius 1 is 0.812 bits per heavy atom. The number of benzene rings is 2. The van der Waals surface area contributed by atoms with E-state index >= 15 is 0 Å². The molecule has 1 fully saturated rings. The number of nitrogens with zero attached hydrogens (tertiary/aromatic N) is 5. The molecule has 0 N–H and O–H groups in total. The average Bonchev–Trinajstić information content (AvgIpc) is 3.46. The predicted molar refractivity (Wildman–Crippen MR) is 135 cm³/mol. The maximum Gasteiger partial charge on any atom is 0.123 e. The van der Waals surface area contributed by atoms with Crippen molar-refractivity contribution >= 4 is 35.7 Å².